The summed E-state index contributed by atoms with van der Waals surface area (Å²) in [5.74, 6) is -1.44. The van der Waals surface area contributed by atoms with Crippen LogP contribution in [0.25, 0.3) is 0 Å². The number of benzene rings is 1. The van der Waals surface area contributed by atoms with E-state index in [1.54, 1.807) is 0 Å². The Balaban J connectivity index is 1.61. The maximum Gasteiger partial charge on any atom is 0.308 e. The van der Waals surface area contributed by atoms with Crippen LogP contribution in [0.2, 0.25) is 0 Å². The first-order valence-electron chi connectivity index (χ1n) is 8.19. The highest BCUT2D eigenvalue weighted by atomic mass is 19.1. The van der Waals surface area contributed by atoms with Crippen molar-refractivity contribution in [2.45, 2.75) is 25.0 Å². The summed E-state index contributed by atoms with van der Waals surface area (Å²) < 4.78 is 32.0. The van der Waals surface area contributed by atoms with Gasteiger partial charge in [-0.3, -0.25) is 9.69 Å². The van der Waals surface area contributed by atoms with Crippen molar-refractivity contribution < 1.29 is 23.4 Å². The largest absolute Gasteiger partial charge is 0.469 e. The van der Waals surface area contributed by atoms with Crippen LogP contribution in [0.1, 0.15) is 12.8 Å². The van der Waals surface area contributed by atoms with Gasteiger partial charge in [0.05, 0.1) is 24.8 Å². The van der Waals surface area contributed by atoms with Crippen molar-refractivity contribution in [1.82, 2.24) is 4.90 Å². The first kappa shape index (κ1) is 17.1. The fourth-order valence-electron chi connectivity index (χ4n) is 3.77. The smallest absolute Gasteiger partial charge is 0.308 e. The number of ether oxygens (including phenoxy) is 1. The van der Waals surface area contributed by atoms with Gasteiger partial charge in [-0.15, -0.1) is 0 Å². The van der Waals surface area contributed by atoms with Crippen LogP contribution in [0.3, 0.4) is 0 Å². The van der Waals surface area contributed by atoms with Gasteiger partial charge in [0.25, 0.3) is 0 Å². The summed E-state index contributed by atoms with van der Waals surface area (Å²) in [6, 6.07) is 3.37. The van der Waals surface area contributed by atoms with Gasteiger partial charge in [0.2, 0.25) is 0 Å². The van der Waals surface area contributed by atoms with Gasteiger partial charge in [0.1, 0.15) is 11.6 Å². The Labute approximate surface area is 139 Å². The normalized spacial score (nSPS) is 28.2. The van der Waals surface area contributed by atoms with E-state index in [4.69, 9.17) is 4.74 Å². The molecule has 1 aliphatic heterocycles. The summed E-state index contributed by atoms with van der Waals surface area (Å²) >= 11 is 0. The molecule has 1 saturated carbocycles. The first-order valence-corrected chi connectivity index (χ1v) is 8.19. The fourth-order valence-corrected chi connectivity index (χ4v) is 3.77. The summed E-state index contributed by atoms with van der Waals surface area (Å²) in [6.45, 7) is 2.36. The number of piperazine rings is 1. The van der Waals surface area contributed by atoms with Crippen LogP contribution in [-0.2, 0) is 9.53 Å². The molecular weight excluding hydrogens is 318 g/mol. The molecular formula is C17H22F2N2O3. The third-order valence-electron chi connectivity index (χ3n) is 5.06. The van der Waals surface area contributed by atoms with Crippen molar-refractivity contribution >= 4 is 11.7 Å². The molecule has 132 valence electrons. The second kappa shape index (κ2) is 7.03. The predicted octanol–water partition coefficient (Wildman–Crippen LogP) is 1.40. The van der Waals surface area contributed by atoms with Crippen LogP contribution in [0.4, 0.5) is 14.5 Å². The number of aliphatic hydroxyl groups is 1. The zero-order valence-electron chi connectivity index (χ0n) is 13.6. The molecule has 0 radical (unpaired) electrons. The Morgan fingerprint density at radius 3 is 2.58 bits per heavy atom. The number of hydrogen-bond acceptors (Lipinski definition) is 5. The second-order valence-corrected chi connectivity index (χ2v) is 6.44. The molecule has 2 aliphatic rings. The second-order valence-electron chi connectivity index (χ2n) is 6.44. The highest BCUT2D eigenvalue weighted by Crippen LogP contribution is 2.32. The molecule has 7 heteroatoms. The Kier molecular flexibility index (Phi) is 5.01. The zero-order valence-corrected chi connectivity index (χ0v) is 13.6. The van der Waals surface area contributed by atoms with Crippen LogP contribution in [0, 0.1) is 17.6 Å². The molecule has 3 rings (SSSR count). The van der Waals surface area contributed by atoms with E-state index in [0.29, 0.717) is 39.0 Å². The monoisotopic (exact) mass is 340 g/mol. The van der Waals surface area contributed by atoms with Crippen molar-refractivity contribution in [1.29, 1.82) is 0 Å². The molecule has 24 heavy (non-hydrogen) atoms. The van der Waals surface area contributed by atoms with E-state index in [2.05, 4.69) is 4.90 Å². The van der Waals surface area contributed by atoms with Gasteiger partial charge in [-0.1, -0.05) is 0 Å². The first-order chi connectivity index (χ1) is 11.5. The number of aliphatic hydroxyl groups excluding tert-OH is 1. The van der Waals surface area contributed by atoms with Gasteiger partial charge < -0.3 is 14.7 Å². The minimum Gasteiger partial charge on any atom is -0.469 e. The SMILES string of the molecule is COC(=O)C1CC(O)C(N2CCN(c3cc(F)ccc3F)CC2)C1. The van der Waals surface area contributed by atoms with Crippen molar-refractivity contribution in [3.8, 4) is 0 Å². The predicted molar refractivity (Wildman–Crippen MR) is 84.7 cm³/mol. The molecule has 0 bridgehead atoms. The Morgan fingerprint density at radius 1 is 1.21 bits per heavy atom. The third kappa shape index (κ3) is 3.37. The molecule has 1 aliphatic carbocycles. The number of anilines is 1. The lowest BCUT2D eigenvalue weighted by atomic mass is 10.1. The average molecular weight is 340 g/mol. The van der Waals surface area contributed by atoms with E-state index >= 15 is 0 Å². The van der Waals surface area contributed by atoms with Gasteiger partial charge in [0, 0.05) is 38.3 Å². The van der Waals surface area contributed by atoms with Crippen molar-refractivity contribution in [2.75, 3.05) is 38.2 Å². The highest BCUT2D eigenvalue weighted by molar-refractivity contribution is 5.72. The van der Waals surface area contributed by atoms with E-state index in [-0.39, 0.29) is 23.6 Å². The standard InChI is InChI=1S/C17H22F2N2O3/c1-24-17(23)11-8-15(16(22)9-11)21-6-4-20(5-7-21)14-10-12(18)2-3-13(14)19/h2-3,10-11,15-16,22H,4-9H2,1H3. The van der Waals surface area contributed by atoms with E-state index in [0.717, 1.165) is 12.1 Å². The number of esters is 1. The van der Waals surface area contributed by atoms with Crippen molar-refractivity contribution in [3.05, 3.63) is 29.8 Å². The number of methoxy groups -OCH3 is 1. The Bertz CT molecular complexity index is 605. The molecule has 0 amide bonds. The number of hydrogen-bond donors (Lipinski definition) is 1. The van der Waals surface area contributed by atoms with Crippen molar-refractivity contribution in [3.63, 3.8) is 0 Å². The van der Waals surface area contributed by atoms with Crippen LogP contribution in [0.5, 0.6) is 0 Å². The number of carbonyl (C=O) groups is 1. The number of nitrogens with zero attached hydrogens (tertiary/aromatic N) is 2. The molecule has 1 heterocycles. The quantitative estimate of drug-likeness (QED) is 0.843. The maximum absolute atomic E-state index is 13.9. The molecule has 0 spiro atoms. The molecule has 1 N–H and O–H groups in total. The molecule has 5 nitrogen and oxygen atoms in total. The number of rotatable bonds is 3. The van der Waals surface area contributed by atoms with Gasteiger partial charge in [0.15, 0.2) is 0 Å². The molecule has 3 atom stereocenters. The van der Waals surface area contributed by atoms with E-state index in [1.165, 1.54) is 13.2 Å². The summed E-state index contributed by atoms with van der Waals surface area (Å²) in [5, 5.41) is 10.2. The minimum atomic E-state index is -0.563. The van der Waals surface area contributed by atoms with Crippen LogP contribution < -0.4 is 4.90 Å². The molecule has 1 aromatic rings. The van der Waals surface area contributed by atoms with Gasteiger partial charge in [-0.25, -0.2) is 8.78 Å². The third-order valence-corrected chi connectivity index (χ3v) is 5.06. The topological polar surface area (TPSA) is 53.0 Å². The summed E-state index contributed by atoms with van der Waals surface area (Å²) in [7, 11) is 1.36. The van der Waals surface area contributed by atoms with E-state index in [1.807, 2.05) is 4.90 Å². The lowest BCUT2D eigenvalue weighted by molar-refractivity contribution is -0.145. The molecule has 3 unspecified atom stereocenters. The summed E-state index contributed by atoms with van der Waals surface area (Å²) in [5.41, 5.74) is 0.272. The molecule has 2 fully saturated rings. The van der Waals surface area contributed by atoms with Crippen LogP contribution >= 0.6 is 0 Å². The van der Waals surface area contributed by atoms with Crippen LogP contribution in [0.15, 0.2) is 18.2 Å². The molecule has 0 aromatic heterocycles. The zero-order chi connectivity index (χ0) is 17.3. The van der Waals surface area contributed by atoms with Crippen molar-refractivity contribution in [2.24, 2.45) is 5.92 Å². The van der Waals surface area contributed by atoms with Crippen LogP contribution in [-0.4, -0.2) is 61.4 Å². The van der Waals surface area contributed by atoms with Gasteiger partial charge in [-0.2, -0.15) is 0 Å². The lowest BCUT2D eigenvalue weighted by Crippen LogP contribution is -2.52. The van der Waals surface area contributed by atoms with E-state index < -0.39 is 17.7 Å². The highest BCUT2D eigenvalue weighted by Gasteiger charge is 2.41. The Morgan fingerprint density at radius 2 is 1.92 bits per heavy atom. The molecule has 1 aromatic carbocycles. The van der Waals surface area contributed by atoms with Gasteiger partial charge in [-0.05, 0) is 25.0 Å². The number of halogens is 2. The lowest BCUT2D eigenvalue weighted by Gasteiger charge is -2.40. The fraction of sp³-hybridized carbons (Fsp3) is 0.588. The van der Waals surface area contributed by atoms with E-state index in [9.17, 15) is 18.7 Å². The number of carbonyl (C=O) groups excluding carboxylic acids is 1. The Hall–Kier alpha value is -1.73. The molecule has 1 saturated heterocycles. The van der Waals surface area contributed by atoms with Gasteiger partial charge >= 0.3 is 5.97 Å². The summed E-state index contributed by atoms with van der Waals surface area (Å²) in [4.78, 5) is 15.6. The maximum atomic E-state index is 13.9. The minimum absolute atomic E-state index is 0.0893. The average Bonchev–Trinajstić information content (AvgIpc) is 2.98. The summed E-state index contributed by atoms with van der Waals surface area (Å²) in [6.07, 6.45) is 0.421.